The van der Waals surface area contributed by atoms with Gasteiger partial charge in [0.15, 0.2) is 0 Å². The fourth-order valence-electron chi connectivity index (χ4n) is 2.37. The molecule has 1 N–H and O–H groups in total. The number of benzene rings is 1. The van der Waals surface area contributed by atoms with E-state index < -0.39 is 0 Å². The second kappa shape index (κ2) is 6.05. The zero-order valence-electron chi connectivity index (χ0n) is 11.6. The highest BCUT2D eigenvalue weighted by Crippen LogP contribution is 2.26. The van der Waals surface area contributed by atoms with Crippen LogP contribution in [0.5, 0.6) is 11.8 Å². The summed E-state index contributed by atoms with van der Waals surface area (Å²) in [5.41, 5.74) is 1.65. The molecule has 0 saturated carbocycles. The topological polar surface area (TPSA) is 56.3 Å². The van der Waals surface area contributed by atoms with E-state index in [1.165, 1.54) is 6.42 Å². The highest BCUT2D eigenvalue weighted by molar-refractivity contribution is 5.75. The Morgan fingerprint density at radius 3 is 2.45 bits per heavy atom. The number of hydrogen-bond donors (Lipinski definition) is 1. The first-order valence-corrected chi connectivity index (χ1v) is 7.12. The van der Waals surface area contributed by atoms with Crippen molar-refractivity contribution in [2.45, 2.75) is 25.8 Å². The quantitative estimate of drug-likeness (QED) is 0.904. The molecule has 1 aliphatic rings. The van der Waals surface area contributed by atoms with E-state index in [1.54, 1.807) is 0 Å². The van der Waals surface area contributed by atoms with Crippen LogP contribution in [0, 0.1) is 0 Å². The molecule has 0 spiro atoms. The summed E-state index contributed by atoms with van der Waals surface area (Å²) in [6.07, 6.45) is 2.35. The van der Waals surface area contributed by atoms with Crippen molar-refractivity contribution in [3.63, 3.8) is 0 Å². The first-order valence-electron chi connectivity index (χ1n) is 7.12. The molecule has 1 atom stereocenters. The lowest BCUT2D eigenvalue weighted by atomic mass is 10.2. The molecule has 106 valence electrons. The van der Waals surface area contributed by atoms with E-state index in [4.69, 9.17) is 9.47 Å². The highest BCUT2D eigenvalue weighted by Gasteiger charge is 2.17. The van der Waals surface area contributed by atoms with Crippen molar-refractivity contribution < 1.29 is 9.47 Å². The Kier molecular flexibility index (Phi) is 3.97. The number of rotatable bonds is 5. The third-order valence-corrected chi connectivity index (χ3v) is 3.37. The van der Waals surface area contributed by atoms with Crippen molar-refractivity contribution >= 4 is 11.0 Å². The lowest BCUT2D eigenvalue weighted by Crippen LogP contribution is -2.28. The summed E-state index contributed by atoms with van der Waals surface area (Å²) in [5, 5.41) is 3.40. The Morgan fingerprint density at radius 2 is 1.85 bits per heavy atom. The molecule has 0 bridgehead atoms. The van der Waals surface area contributed by atoms with E-state index in [9.17, 15) is 0 Å². The van der Waals surface area contributed by atoms with Crippen LogP contribution in [0.1, 0.15) is 19.8 Å². The fraction of sp³-hybridized carbons (Fsp3) is 0.467. The maximum absolute atomic E-state index is 5.82. The minimum absolute atomic E-state index is 0.401. The smallest absolute Gasteiger partial charge is 0.278 e. The van der Waals surface area contributed by atoms with Gasteiger partial charge in [-0.15, -0.1) is 0 Å². The Morgan fingerprint density at radius 1 is 1.15 bits per heavy atom. The van der Waals surface area contributed by atoms with Crippen LogP contribution in [-0.4, -0.2) is 35.8 Å². The molecule has 2 aromatic rings. The minimum Gasteiger partial charge on any atom is -0.474 e. The van der Waals surface area contributed by atoms with Gasteiger partial charge in [-0.2, -0.15) is 0 Å². The molecule has 1 fully saturated rings. The molecular formula is C15H19N3O2. The number of nitrogens with one attached hydrogen (secondary N) is 1. The van der Waals surface area contributed by atoms with Crippen molar-refractivity contribution in [3.05, 3.63) is 24.3 Å². The van der Waals surface area contributed by atoms with Crippen molar-refractivity contribution in [1.29, 1.82) is 0 Å². The predicted molar refractivity (Wildman–Crippen MR) is 77.2 cm³/mol. The van der Waals surface area contributed by atoms with Gasteiger partial charge in [0.2, 0.25) is 0 Å². The average Bonchev–Trinajstić information content (AvgIpc) is 2.98. The molecule has 1 unspecified atom stereocenters. The van der Waals surface area contributed by atoms with Gasteiger partial charge in [-0.05, 0) is 38.4 Å². The minimum atomic E-state index is 0.401. The highest BCUT2D eigenvalue weighted by atomic mass is 16.5. The van der Waals surface area contributed by atoms with Crippen LogP contribution in [0.2, 0.25) is 0 Å². The van der Waals surface area contributed by atoms with E-state index in [1.807, 2.05) is 31.2 Å². The number of fused-ring (bicyclic) bond motifs is 1. The molecule has 1 aliphatic heterocycles. The van der Waals surface area contributed by atoms with E-state index in [-0.39, 0.29) is 0 Å². The molecule has 2 heterocycles. The van der Waals surface area contributed by atoms with Gasteiger partial charge >= 0.3 is 0 Å². The number of ether oxygens (including phenoxy) is 2. The maximum atomic E-state index is 5.82. The largest absolute Gasteiger partial charge is 0.474 e. The summed E-state index contributed by atoms with van der Waals surface area (Å²) >= 11 is 0. The first kappa shape index (κ1) is 13.1. The summed E-state index contributed by atoms with van der Waals surface area (Å²) in [6, 6.07) is 8.14. The molecule has 3 rings (SSSR count). The molecular weight excluding hydrogens is 254 g/mol. The second-order valence-corrected chi connectivity index (χ2v) is 4.86. The lowest BCUT2D eigenvalue weighted by Gasteiger charge is -2.14. The normalized spacial score (nSPS) is 18.4. The van der Waals surface area contributed by atoms with Gasteiger partial charge in [-0.25, -0.2) is 9.97 Å². The number of hydrogen-bond acceptors (Lipinski definition) is 5. The van der Waals surface area contributed by atoms with Crippen molar-refractivity contribution in [2.24, 2.45) is 0 Å². The lowest BCUT2D eigenvalue weighted by molar-refractivity contribution is 0.239. The molecule has 20 heavy (non-hydrogen) atoms. The van der Waals surface area contributed by atoms with Gasteiger partial charge in [-0.3, -0.25) is 0 Å². The van der Waals surface area contributed by atoms with Crippen LogP contribution in [0.4, 0.5) is 0 Å². The second-order valence-electron chi connectivity index (χ2n) is 4.86. The third-order valence-electron chi connectivity index (χ3n) is 3.37. The summed E-state index contributed by atoms with van der Waals surface area (Å²) in [5.74, 6) is 0.962. The van der Waals surface area contributed by atoms with E-state index in [2.05, 4.69) is 15.3 Å². The summed E-state index contributed by atoms with van der Waals surface area (Å²) < 4.78 is 11.4. The van der Waals surface area contributed by atoms with Gasteiger partial charge in [0.1, 0.15) is 6.61 Å². The van der Waals surface area contributed by atoms with Crippen LogP contribution < -0.4 is 14.8 Å². The molecule has 0 aliphatic carbocycles. The van der Waals surface area contributed by atoms with Crippen LogP contribution in [0.15, 0.2) is 24.3 Å². The molecule has 5 heteroatoms. The predicted octanol–water partition coefficient (Wildman–Crippen LogP) is 2.16. The van der Waals surface area contributed by atoms with Crippen molar-refractivity contribution in [2.75, 3.05) is 19.8 Å². The average molecular weight is 273 g/mol. The van der Waals surface area contributed by atoms with Crippen LogP contribution in [-0.2, 0) is 0 Å². The molecule has 1 aromatic carbocycles. The maximum Gasteiger partial charge on any atom is 0.278 e. The summed E-state index contributed by atoms with van der Waals surface area (Å²) in [7, 11) is 0. The first-order chi connectivity index (χ1) is 9.86. The number of para-hydroxylation sites is 2. The SMILES string of the molecule is CCOc1nc2ccccc2nc1OCC1CCCN1. The number of aromatic nitrogens is 2. The Labute approximate surface area is 118 Å². The van der Waals surface area contributed by atoms with Crippen LogP contribution in [0.25, 0.3) is 11.0 Å². The van der Waals surface area contributed by atoms with Gasteiger partial charge in [0.25, 0.3) is 11.8 Å². The monoisotopic (exact) mass is 273 g/mol. The number of nitrogens with zero attached hydrogens (tertiary/aromatic N) is 2. The molecule has 1 saturated heterocycles. The van der Waals surface area contributed by atoms with Crippen molar-refractivity contribution in [1.82, 2.24) is 15.3 Å². The van der Waals surface area contributed by atoms with E-state index in [0.717, 1.165) is 24.0 Å². The van der Waals surface area contributed by atoms with E-state index in [0.29, 0.717) is 31.0 Å². The van der Waals surface area contributed by atoms with E-state index >= 15 is 0 Å². The summed E-state index contributed by atoms with van der Waals surface area (Å²) in [4.78, 5) is 9.00. The Bertz CT molecular complexity index is 582. The van der Waals surface area contributed by atoms with Crippen LogP contribution >= 0.6 is 0 Å². The van der Waals surface area contributed by atoms with Gasteiger partial charge < -0.3 is 14.8 Å². The molecule has 1 aromatic heterocycles. The van der Waals surface area contributed by atoms with Crippen LogP contribution in [0.3, 0.4) is 0 Å². The Hall–Kier alpha value is -1.88. The summed E-state index contributed by atoms with van der Waals surface area (Å²) in [6.45, 7) is 4.15. The molecule has 0 amide bonds. The fourth-order valence-corrected chi connectivity index (χ4v) is 2.37. The van der Waals surface area contributed by atoms with Crippen molar-refractivity contribution in [3.8, 4) is 11.8 Å². The molecule has 5 nitrogen and oxygen atoms in total. The third kappa shape index (κ3) is 2.82. The zero-order chi connectivity index (χ0) is 13.8. The van der Waals surface area contributed by atoms with Gasteiger partial charge in [-0.1, -0.05) is 12.1 Å². The Balaban J connectivity index is 1.84. The van der Waals surface area contributed by atoms with Gasteiger partial charge in [0, 0.05) is 6.04 Å². The van der Waals surface area contributed by atoms with Gasteiger partial charge in [0.05, 0.1) is 17.6 Å². The standard InChI is InChI=1S/C15H19N3O2/c1-2-19-14-15(20-10-11-6-5-9-16-11)18-13-8-4-3-7-12(13)17-14/h3-4,7-8,11,16H,2,5-6,9-10H2,1H3. The molecule has 0 radical (unpaired) electrons. The zero-order valence-corrected chi connectivity index (χ0v) is 11.6.